The molecule has 98 valence electrons. The topological polar surface area (TPSA) is 6.48 Å². The summed E-state index contributed by atoms with van der Waals surface area (Å²) in [6.45, 7) is 4.44. The standard InChI is InChI=1S/C14H18ClFN2/c15-13-9-11(16)4-5-14(13)18-8-2-7-17-6-1-3-12(17)10-18/h4-5,9,12H,1-3,6-8,10H2. The summed E-state index contributed by atoms with van der Waals surface area (Å²) in [6, 6.07) is 5.36. The fraction of sp³-hybridized carbons (Fsp3) is 0.571. The maximum absolute atomic E-state index is 13.1. The molecule has 4 heteroatoms. The number of halogens is 2. The van der Waals surface area contributed by atoms with Crippen molar-refractivity contribution in [2.75, 3.05) is 31.1 Å². The van der Waals surface area contributed by atoms with Gasteiger partial charge in [-0.2, -0.15) is 0 Å². The SMILES string of the molecule is Fc1ccc(N2CCCN3CCCC3C2)c(Cl)c1. The van der Waals surface area contributed by atoms with Gasteiger partial charge < -0.3 is 4.90 Å². The molecule has 2 saturated heterocycles. The van der Waals surface area contributed by atoms with Crippen LogP contribution in [0.15, 0.2) is 18.2 Å². The maximum atomic E-state index is 13.1. The normalized spacial score (nSPS) is 25.0. The lowest BCUT2D eigenvalue weighted by atomic mass is 10.2. The molecule has 18 heavy (non-hydrogen) atoms. The van der Waals surface area contributed by atoms with Crippen molar-refractivity contribution in [2.45, 2.75) is 25.3 Å². The van der Waals surface area contributed by atoms with Gasteiger partial charge in [-0.05, 0) is 44.0 Å². The van der Waals surface area contributed by atoms with Gasteiger partial charge in [0.2, 0.25) is 0 Å². The number of benzene rings is 1. The van der Waals surface area contributed by atoms with E-state index in [9.17, 15) is 4.39 Å². The molecule has 0 aromatic heterocycles. The quantitative estimate of drug-likeness (QED) is 0.772. The first-order valence-corrected chi connectivity index (χ1v) is 7.06. The molecule has 0 N–H and O–H groups in total. The van der Waals surface area contributed by atoms with Gasteiger partial charge >= 0.3 is 0 Å². The first-order chi connectivity index (χ1) is 8.74. The smallest absolute Gasteiger partial charge is 0.124 e. The maximum Gasteiger partial charge on any atom is 0.124 e. The highest BCUT2D eigenvalue weighted by atomic mass is 35.5. The molecule has 0 spiro atoms. The Morgan fingerprint density at radius 3 is 2.83 bits per heavy atom. The van der Waals surface area contributed by atoms with E-state index in [1.807, 2.05) is 6.07 Å². The lowest BCUT2D eigenvalue weighted by Crippen LogP contribution is -2.36. The number of fused-ring (bicyclic) bond motifs is 1. The molecule has 2 aliphatic heterocycles. The molecule has 2 nitrogen and oxygen atoms in total. The van der Waals surface area contributed by atoms with Crippen LogP contribution in [0.3, 0.4) is 0 Å². The van der Waals surface area contributed by atoms with Gasteiger partial charge in [0.15, 0.2) is 0 Å². The molecular weight excluding hydrogens is 251 g/mol. The molecule has 0 saturated carbocycles. The molecule has 0 radical (unpaired) electrons. The Morgan fingerprint density at radius 2 is 2.00 bits per heavy atom. The van der Waals surface area contributed by atoms with Gasteiger partial charge in [-0.1, -0.05) is 11.6 Å². The minimum absolute atomic E-state index is 0.263. The van der Waals surface area contributed by atoms with Crippen LogP contribution in [0.4, 0.5) is 10.1 Å². The van der Waals surface area contributed by atoms with E-state index < -0.39 is 0 Å². The van der Waals surface area contributed by atoms with Gasteiger partial charge in [0, 0.05) is 25.7 Å². The first-order valence-electron chi connectivity index (χ1n) is 6.68. The zero-order valence-corrected chi connectivity index (χ0v) is 11.2. The van der Waals surface area contributed by atoms with Crippen molar-refractivity contribution < 1.29 is 4.39 Å². The average molecular weight is 269 g/mol. The van der Waals surface area contributed by atoms with Crippen molar-refractivity contribution >= 4 is 17.3 Å². The molecule has 2 fully saturated rings. The second-order valence-electron chi connectivity index (χ2n) is 5.23. The van der Waals surface area contributed by atoms with Crippen molar-refractivity contribution in [3.63, 3.8) is 0 Å². The zero-order valence-electron chi connectivity index (χ0n) is 10.4. The van der Waals surface area contributed by atoms with Crippen LogP contribution in [0.25, 0.3) is 0 Å². The Balaban J connectivity index is 1.82. The molecule has 1 aromatic rings. The van der Waals surface area contributed by atoms with Gasteiger partial charge in [-0.15, -0.1) is 0 Å². The van der Waals surface area contributed by atoms with E-state index in [0.717, 1.165) is 25.2 Å². The third-order valence-corrected chi connectivity index (χ3v) is 4.36. The highest BCUT2D eigenvalue weighted by Crippen LogP contribution is 2.30. The van der Waals surface area contributed by atoms with Gasteiger partial charge in [0.05, 0.1) is 10.7 Å². The van der Waals surface area contributed by atoms with E-state index in [4.69, 9.17) is 11.6 Å². The summed E-state index contributed by atoms with van der Waals surface area (Å²) < 4.78 is 13.1. The van der Waals surface area contributed by atoms with Crippen molar-refractivity contribution in [2.24, 2.45) is 0 Å². The summed E-state index contributed by atoms with van der Waals surface area (Å²) in [7, 11) is 0. The molecule has 1 aromatic carbocycles. The van der Waals surface area contributed by atoms with E-state index in [1.54, 1.807) is 0 Å². The average Bonchev–Trinajstić information content (AvgIpc) is 2.67. The minimum Gasteiger partial charge on any atom is -0.369 e. The van der Waals surface area contributed by atoms with Crippen molar-refractivity contribution in [3.8, 4) is 0 Å². The van der Waals surface area contributed by atoms with Gasteiger partial charge in [0.25, 0.3) is 0 Å². The molecule has 1 unspecified atom stereocenters. The van der Waals surface area contributed by atoms with Gasteiger partial charge in [-0.3, -0.25) is 4.90 Å². The molecule has 0 bridgehead atoms. The van der Waals surface area contributed by atoms with Crippen molar-refractivity contribution in [3.05, 3.63) is 29.0 Å². The predicted molar refractivity (Wildman–Crippen MR) is 72.8 cm³/mol. The fourth-order valence-electron chi connectivity index (χ4n) is 3.16. The highest BCUT2D eigenvalue weighted by molar-refractivity contribution is 6.33. The highest BCUT2D eigenvalue weighted by Gasteiger charge is 2.29. The Kier molecular flexibility index (Phi) is 3.44. The predicted octanol–water partition coefficient (Wildman–Crippen LogP) is 3.15. The van der Waals surface area contributed by atoms with Crippen LogP contribution in [0.5, 0.6) is 0 Å². The number of hydrogen-bond donors (Lipinski definition) is 0. The third-order valence-electron chi connectivity index (χ3n) is 4.05. The first kappa shape index (κ1) is 12.2. The third kappa shape index (κ3) is 2.34. The lowest BCUT2D eigenvalue weighted by molar-refractivity contribution is 0.273. The Labute approximate surface area is 112 Å². The Bertz CT molecular complexity index is 438. The van der Waals surface area contributed by atoms with E-state index in [1.165, 1.54) is 38.1 Å². The summed E-state index contributed by atoms with van der Waals surface area (Å²) in [4.78, 5) is 4.90. The van der Waals surface area contributed by atoms with Crippen LogP contribution in [0.2, 0.25) is 5.02 Å². The van der Waals surface area contributed by atoms with E-state index in [-0.39, 0.29) is 5.82 Å². The number of hydrogen-bond acceptors (Lipinski definition) is 2. The van der Waals surface area contributed by atoms with E-state index in [0.29, 0.717) is 11.1 Å². The van der Waals surface area contributed by atoms with Crippen LogP contribution < -0.4 is 4.90 Å². The fourth-order valence-corrected chi connectivity index (χ4v) is 3.45. The summed E-state index contributed by atoms with van der Waals surface area (Å²) in [5.41, 5.74) is 0.979. The van der Waals surface area contributed by atoms with Crippen LogP contribution in [-0.4, -0.2) is 37.1 Å². The van der Waals surface area contributed by atoms with Gasteiger partial charge in [0.1, 0.15) is 5.82 Å². The number of rotatable bonds is 1. The van der Waals surface area contributed by atoms with Crippen molar-refractivity contribution in [1.29, 1.82) is 0 Å². The lowest BCUT2D eigenvalue weighted by Gasteiger charge is -2.28. The van der Waals surface area contributed by atoms with E-state index in [2.05, 4.69) is 9.80 Å². The summed E-state index contributed by atoms with van der Waals surface area (Å²) in [5, 5.41) is 0.529. The van der Waals surface area contributed by atoms with E-state index >= 15 is 0 Å². The molecule has 3 rings (SSSR count). The number of nitrogens with zero attached hydrogens (tertiary/aromatic N) is 2. The largest absolute Gasteiger partial charge is 0.369 e. The zero-order chi connectivity index (χ0) is 12.5. The van der Waals surface area contributed by atoms with Gasteiger partial charge in [-0.25, -0.2) is 4.39 Å². The summed E-state index contributed by atoms with van der Waals surface area (Å²) in [5.74, 6) is -0.263. The Morgan fingerprint density at radius 1 is 1.17 bits per heavy atom. The molecule has 2 heterocycles. The van der Waals surface area contributed by atoms with Crippen LogP contribution in [-0.2, 0) is 0 Å². The molecule has 2 aliphatic rings. The molecular formula is C14H18ClFN2. The Hall–Kier alpha value is -0.800. The second kappa shape index (κ2) is 5.06. The molecule has 0 aliphatic carbocycles. The molecule has 1 atom stereocenters. The van der Waals surface area contributed by atoms with Crippen molar-refractivity contribution in [1.82, 2.24) is 4.90 Å². The van der Waals surface area contributed by atoms with Crippen LogP contribution in [0, 0.1) is 5.82 Å². The van der Waals surface area contributed by atoms with Crippen LogP contribution in [0.1, 0.15) is 19.3 Å². The minimum atomic E-state index is -0.263. The summed E-state index contributed by atoms with van der Waals surface area (Å²) >= 11 is 6.16. The molecule has 0 amide bonds. The summed E-state index contributed by atoms with van der Waals surface area (Å²) in [6.07, 6.45) is 3.73. The number of anilines is 1. The van der Waals surface area contributed by atoms with Crippen LogP contribution >= 0.6 is 11.6 Å². The monoisotopic (exact) mass is 268 g/mol. The second-order valence-corrected chi connectivity index (χ2v) is 5.63.